The minimum Gasteiger partial charge on any atom is -0.379 e. The van der Waals surface area contributed by atoms with Gasteiger partial charge in [-0.25, -0.2) is 0 Å². The van der Waals surface area contributed by atoms with Crippen LogP contribution in [0, 0.1) is 0 Å². The van der Waals surface area contributed by atoms with Crippen LogP contribution in [0.15, 0.2) is 24.3 Å². The van der Waals surface area contributed by atoms with E-state index in [4.69, 9.17) is 4.74 Å². The Morgan fingerprint density at radius 3 is 2.72 bits per heavy atom. The maximum atomic E-state index is 12.8. The molecule has 1 saturated heterocycles. The predicted octanol–water partition coefficient (Wildman–Crippen LogP) is 2.77. The lowest BCUT2D eigenvalue weighted by molar-refractivity contribution is -0.120. The number of hydrogen-bond donors (Lipinski definition) is 2. The zero-order chi connectivity index (χ0) is 17.5. The van der Waals surface area contributed by atoms with Crippen LogP contribution in [0.1, 0.15) is 44.6 Å². The van der Waals surface area contributed by atoms with Crippen molar-refractivity contribution in [1.82, 2.24) is 10.2 Å². The number of morpholine rings is 1. The first-order chi connectivity index (χ1) is 12.2. The molecule has 0 spiro atoms. The van der Waals surface area contributed by atoms with Gasteiger partial charge >= 0.3 is 0 Å². The highest BCUT2D eigenvalue weighted by Crippen LogP contribution is 2.38. The lowest BCUT2D eigenvalue weighted by atomic mass is 9.90. The Hall–Kier alpha value is -1.43. The summed E-state index contributed by atoms with van der Waals surface area (Å²) >= 11 is 0. The van der Waals surface area contributed by atoms with Gasteiger partial charge < -0.3 is 15.4 Å². The standard InChI is InChI=1S/C20H31N3O2/c1-2-21-16-17-6-5-7-18(14-17)22-19(24)15-20(8-3-4-9-20)23-10-12-25-13-11-23/h5-7,14,21H,2-4,8-13,15-16H2,1H3,(H,22,24). The van der Waals surface area contributed by atoms with Gasteiger partial charge in [-0.2, -0.15) is 0 Å². The predicted molar refractivity (Wildman–Crippen MR) is 101 cm³/mol. The van der Waals surface area contributed by atoms with Crippen LogP contribution < -0.4 is 10.6 Å². The van der Waals surface area contributed by atoms with Crippen molar-refractivity contribution in [2.75, 3.05) is 38.2 Å². The lowest BCUT2D eigenvalue weighted by Crippen LogP contribution is -2.53. The van der Waals surface area contributed by atoms with Gasteiger partial charge in [0.2, 0.25) is 5.91 Å². The monoisotopic (exact) mass is 345 g/mol. The molecule has 138 valence electrons. The van der Waals surface area contributed by atoms with Gasteiger partial charge in [0.25, 0.3) is 0 Å². The number of nitrogens with zero attached hydrogens (tertiary/aromatic N) is 1. The fraction of sp³-hybridized carbons (Fsp3) is 0.650. The number of ether oxygens (including phenoxy) is 1. The van der Waals surface area contributed by atoms with E-state index in [0.717, 1.165) is 57.9 Å². The number of amides is 1. The molecule has 1 saturated carbocycles. The van der Waals surface area contributed by atoms with E-state index in [0.29, 0.717) is 6.42 Å². The van der Waals surface area contributed by atoms with Gasteiger partial charge in [0, 0.05) is 37.3 Å². The molecule has 0 atom stereocenters. The first-order valence-corrected chi connectivity index (χ1v) is 9.64. The molecule has 0 aromatic heterocycles. The zero-order valence-electron chi connectivity index (χ0n) is 15.4. The van der Waals surface area contributed by atoms with Crippen molar-refractivity contribution in [3.8, 4) is 0 Å². The van der Waals surface area contributed by atoms with Gasteiger partial charge in [0.1, 0.15) is 0 Å². The number of benzene rings is 1. The maximum Gasteiger partial charge on any atom is 0.226 e. The molecule has 5 heteroatoms. The van der Waals surface area contributed by atoms with E-state index < -0.39 is 0 Å². The van der Waals surface area contributed by atoms with Gasteiger partial charge in [-0.3, -0.25) is 9.69 Å². The molecular weight excluding hydrogens is 314 g/mol. The number of anilines is 1. The molecule has 1 heterocycles. The van der Waals surface area contributed by atoms with Crippen LogP contribution in [0.4, 0.5) is 5.69 Å². The molecule has 2 aliphatic rings. The summed E-state index contributed by atoms with van der Waals surface area (Å²) in [6.45, 7) is 7.34. The van der Waals surface area contributed by atoms with E-state index >= 15 is 0 Å². The van der Waals surface area contributed by atoms with E-state index in [9.17, 15) is 4.79 Å². The third kappa shape index (κ3) is 4.81. The van der Waals surface area contributed by atoms with Crippen molar-refractivity contribution in [2.45, 2.75) is 51.1 Å². The van der Waals surface area contributed by atoms with Crippen LogP contribution >= 0.6 is 0 Å². The first kappa shape index (κ1) is 18.4. The largest absolute Gasteiger partial charge is 0.379 e. The molecule has 25 heavy (non-hydrogen) atoms. The van der Waals surface area contributed by atoms with Crippen LogP contribution in [-0.2, 0) is 16.1 Å². The smallest absolute Gasteiger partial charge is 0.226 e. The van der Waals surface area contributed by atoms with Crippen molar-refractivity contribution < 1.29 is 9.53 Å². The van der Waals surface area contributed by atoms with E-state index in [1.54, 1.807) is 0 Å². The third-order valence-corrected chi connectivity index (χ3v) is 5.50. The molecule has 5 nitrogen and oxygen atoms in total. The van der Waals surface area contributed by atoms with Crippen molar-refractivity contribution in [3.05, 3.63) is 29.8 Å². The second kappa shape index (κ2) is 8.79. The lowest BCUT2D eigenvalue weighted by Gasteiger charge is -2.43. The summed E-state index contributed by atoms with van der Waals surface area (Å²) in [7, 11) is 0. The van der Waals surface area contributed by atoms with Gasteiger partial charge in [-0.15, -0.1) is 0 Å². The molecule has 1 aromatic carbocycles. The molecule has 2 N–H and O–H groups in total. The van der Waals surface area contributed by atoms with Crippen LogP contribution in [0.3, 0.4) is 0 Å². The Balaban J connectivity index is 1.62. The summed E-state index contributed by atoms with van der Waals surface area (Å²) in [5.74, 6) is 0.133. The minimum atomic E-state index is 0.0369. The Bertz CT molecular complexity index is 564. The van der Waals surface area contributed by atoms with Crippen molar-refractivity contribution in [3.63, 3.8) is 0 Å². The van der Waals surface area contributed by atoms with Gasteiger partial charge in [0.15, 0.2) is 0 Å². The van der Waals surface area contributed by atoms with Crippen LogP contribution in [0.5, 0.6) is 0 Å². The molecule has 1 aliphatic carbocycles. The summed E-state index contributed by atoms with van der Waals surface area (Å²) in [5, 5.41) is 6.45. The van der Waals surface area contributed by atoms with Gasteiger partial charge in [0.05, 0.1) is 13.2 Å². The van der Waals surface area contributed by atoms with E-state index in [1.165, 1.54) is 18.4 Å². The number of rotatable bonds is 7. The molecule has 2 fully saturated rings. The van der Waals surface area contributed by atoms with Gasteiger partial charge in [-0.1, -0.05) is 31.9 Å². The number of carbonyl (C=O) groups excluding carboxylic acids is 1. The summed E-state index contributed by atoms with van der Waals surface area (Å²) in [6.07, 6.45) is 5.29. The second-order valence-electron chi connectivity index (χ2n) is 7.24. The van der Waals surface area contributed by atoms with Crippen LogP contribution in [0.25, 0.3) is 0 Å². The molecule has 1 amide bonds. The summed E-state index contributed by atoms with van der Waals surface area (Å²) in [5.41, 5.74) is 2.13. The van der Waals surface area contributed by atoms with E-state index in [1.807, 2.05) is 12.1 Å². The number of nitrogens with one attached hydrogen (secondary N) is 2. The van der Waals surface area contributed by atoms with Crippen LogP contribution in [0.2, 0.25) is 0 Å². The average molecular weight is 345 g/mol. The summed E-state index contributed by atoms with van der Waals surface area (Å²) in [4.78, 5) is 15.3. The Labute approximate surface area is 151 Å². The Morgan fingerprint density at radius 1 is 1.24 bits per heavy atom. The van der Waals surface area contributed by atoms with Crippen molar-refractivity contribution >= 4 is 11.6 Å². The third-order valence-electron chi connectivity index (χ3n) is 5.50. The highest BCUT2D eigenvalue weighted by Gasteiger charge is 2.41. The molecule has 0 bridgehead atoms. The maximum absolute atomic E-state index is 12.8. The fourth-order valence-corrected chi connectivity index (χ4v) is 4.21. The molecule has 1 aliphatic heterocycles. The van der Waals surface area contributed by atoms with Gasteiger partial charge in [-0.05, 0) is 37.1 Å². The molecule has 1 aromatic rings. The summed E-state index contributed by atoms with van der Waals surface area (Å²) < 4.78 is 5.50. The molecule has 3 rings (SSSR count). The SMILES string of the molecule is CCNCc1cccc(NC(=O)CC2(N3CCOCC3)CCCC2)c1. The average Bonchev–Trinajstić information content (AvgIpc) is 3.10. The topological polar surface area (TPSA) is 53.6 Å². The minimum absolute atomic E-state index is 0.0369. The molecular formula is C20H31N3O2. The van der Waals surface area contributed by atoms with Crippen molar-refractivity contribution in [2.24, 2.45) is 0 Å². The van der Waals surface area contributed by atoms with Crippen molar-refractivity contribution in [1.29, 1.82) is 0 Å². The quantitative estimate of drug-likeness (QED) is 0.798. The van der Waals surface area contributed by atoms with Crippen LogP contribution in [-0.4, -0.2) is 49.2 Å². The second-order valence-corrected chi connectivity index (χ2v) is 7.24. The fourth-order valence-electron chi connectivity index (χ4n) is 4.21. The Kier molecular flexibility index (Phi) is 6.45. The summed E-state index contributed by atoms with van der Waals surface area (Å²) in [6, 6.07) is 8.14. The van der Waals surface area contributed by atoms with E-state index in [-0.39, 0.29) is 11.4 Å². The molecule has 0 radical (unpaired) electrons. The Morgan fingerprint density at radius 2 is 2.00 bits per heavy atom. The number of carbonyl (C=O) groups is 1. The highest BCUT2D eigenvalue weighted by atomic mass is 16.5. The normalized spacial score (nSPS) is 20.5. The first-order valence-electron chi connectivity index (χ1n) is 9.64. The van der Waals surface area contributed by atoms with E-state index in [2.05, 4.69) is 34.6 Å². The molecule has 0 unspecified atom stereocenters. The highest BCUT2D eigenvalue weighted by molar-refractivity contribution is 5.91. The number of hydrogen-bond acceptors (Lipinski definition) is 4. The zero-order valence-corrected chi connectivity index (χ0v) is 15.4.